The van der Waals surface area contributed by atoms with E-state index in [-0.39, 0.29) is 11.5 Å². The van der Waals surface area contributed by atoms with E-state index in [2.05, 4.69) is 24.7 Å². The Bertz CT molecular complexity index is 1170. The van der Waals surface area contributed by atoms with Crippen molar-refractivity contribution in [3.63, 3.8) is 0 Å². The topological polar surface area (TPSA) is 39.4 Å². The third kappa shape index (κ3) is 5.39. The zero-order valence-corrected chi connectivity index (χ0v) is 19.8. The molecule has 0 aliphatic carbocycles. The van der Waals surface area contributed by atoms with Gasteiger partial charge in [0.15, 0.2) is 0 Å². The number of rotatable bonds is 8. The first kappa shape index (κ1) is 22.1. The lowest BCUT2D eigenvalue weighted by Gasteiger charge is -2.15. The number of halogens is 1. The summed E-state index contributed by atoms with van der Waals surface area (Å²) in [6.45, 7) is 8.01. The van der Waals surface area contributed by atoms with E-state index in [4.69, 9.17) is 9.73 Å². The molecule has 0 radical (unpaired) electrons. The molecule has 1 aromatic heterocycles. The molecule has 164 valence electrons. The maximum Gasteiger partial charge on any atom is 0.149 e. The highest BCUT2D eigenvalue weighted by molar-refractivity contribution is 6.76. The molecular weight excluding hydrogens is 417 g/mol. The zero-order chi connectivity index (χ0) is 22.6. The van der Waals surface area contributed by atoms with Gasteiger partial charge in [0.05, 0.1) is 17.4 Å². The minimum Gasteiger partial charge on any atom is -0.360 e. The Hall–Kier alpha value is -3.09. The van der Waals surface area contributed by atoms with Gasteiger partial charge in [0, 0.05) is 31.2 Å². The van der Waals surface area contributed by atoms with Crippen molar-refractivity contribution >= 4 is 30.4 Å². The fraction of sp³-hybridized carbons (Fsp3) is 0.231. The highest BCUT2D eigenvalue weighted by atomic mass is 28.3. The van der Waals surface area contributed by atoms with E-state index in [0.29, 0.717) is 13.3 Å². The highest BCUT2D eigenvalue weighted by Crippen LogP contribution is 2.27. The number of benzene rings is 3. The maximum atomic E-state index is 15.0. The summed E-state index contributed by atoms with van der Waals surface area (Å²) < 4.78 is 22.6. The normalized spacial score (nSPS) is 11.6. The first-order valence-electron chi connectivity index (χ1n) is 10.8. The summed E-state index contributed by atoms with van der Waals surface area (Å²) in [6, 6.07) is 24.0. The van der Waals surface area contributed by atoms with Crippen LogP contribution in [0.4, 0.5) is 10.1 Å². The summed E-state index contributed by atoms with van der Waals surface area (Å²) in [5.74, 6) is -0.374. The molecule has 0 aliphatic heterocycles. The smallest absolute Gasteiger partial charge is 0.149 e. The van der Waals surface area contributed by atoms with Crippen LogP contribution >= 0.6 is 0 Å². The second-order valence-corrected chi connectivity index (χ2v) is 14.7. The van der Waals surface area contributed by atoms with Crippen LogP contribution in [0.15, 0.2) is 84.0 Å². The van der Waals surface area contributed by atoms with Crippen LogP contribution in [0.5, 0.6) is 0 Å². The summed E-state index contributed by atoms with van der Waals surface area (Å²) in [4.78, 5) is 4.76. The average Bonchev–Trinajstić information content (AvgIpc) is 3.17. The molecule has 4 nitrogen and oxygen atoms in total. The number of hydrogen-bond acceptors (Lipinski definition) is 3. The Morgan fingerprint density at radius 1 is 0.969 bits per heavy atom. The van der Waals surface area contributed by atoms with Gasteiger partial charge in [0.2, 0.25) is 0 Å². The van der Waals surface area contributed by atoms with Crippen LogP contribution in [-0.2, 0) is 11.5 Å². The van der Waals surface area contributed by atoms with Crippen LogP contribution in [0.1, 0.15) is 11.1 Å². The summed E-state index contributed by atoms with van der Waals surface area (Å²) in [5, 5.41) is 5.13. The first-order chi connectivity index (χ1) is 15.4. The van der Waals surface area contributed by atoms with E-state index in [9.17, 15) is 4.39 Å². The number of fused-ring (bicyclic) bond motifs is 1. The van der Waals surface area contributed by atoms with Gasteiger partial charge in [-0.05, 0) is 18.2 Å². The summed E-state index contributed by atoms with van der Waals surface area (Å²) in [5.41, 5.74) is 3.67. The molecule has 0 unspecified atom stereocenters. The zero-order valence-electron chi connectivity index (χ0n) is 18.8. The molecule has 0 N–H and O–H groups in total. The molecule has 0 bridgehead atoms. The average molecular weight is 446 g/mol. The molecule has 1 heterocycles. The molecule has 0 saturated heterocycles. The molecule has 6 heteroatoms. The lowest BCUT2D eigenvalue weighted by atomic mass is 10.0. The first-order valence-corrected chi connectivity index (χ1v) is 14.5. The molecule has 3 aromatic carbocycles. The van der Waals surface area contributed by atoms with E-state index in [0.717, 1.165) is 33.8 Å². The third-order valence-corrected chi connectivity index (χ3v) is 6.95. The largest absolute Gasteiger partial charge is 0.360 e. The fourth-order valence-electron chi connectivity index (χ4n) is 3.41. The van der Waals surface area contributed by atoms with Gasteiger partial charge in [-0.1, -0.05) is 80.3 Å². The van der Waals surface area contributed by atoms with Crippen molar-refractivity contribution in [2.45, 2.75) is 32.4 Å². The lowest BCUT2D eigenvalue weighted by Crippen LogP contribution is -2.22. The monoisotopic (exact) mass is 445 g/mol. The van der Waals surface area contributed by atoms with E-state index in [1.54, 1.807) is 16.9 Å². The van der Waals surface area contributed by atoms with Crippen LogP contribution in [0.2, 0.25) is 25.7 Å². The van der Waals surface area contributed by atoms with Crippen LogP contribution in [0.3, 0.4) is 0 Å². The van der Waals surface area contributed by atoms with Crippen molar-refractivity contribution in [2.75, 3.05) is 6.61 Å². The standard InChI is InChI=1S/C26H28FN3OSi/c1-32(2,3)15-14-31-19-30-25-17-24(23(27)16-22(25)18-28-30)29-26(20-10-6-4-7-11-20)21-12-8-5-9-13-21/h4-13,16-18H,14-15,19H2,1-3H3. The molecule has 4 rings (SSSR count). The molecule has 0 atom stereocenters. The van der Waals surface area contributed by atoms with Crippen molar-refractivity contribution in [2.24, 2.45) is 4.99 Å². The van der Waals surface area contributed by atoms with E-state index < -0.39 is 8.07 Å². The fourth-order valence-corrected chi connectivity index (χ4v) is 4.17. The van der Waals surface area contributed by atoms with Crippen LogP contribution in [0, 0.1) is 5.82 Å². The summed E-state index contributed by atoms with van der Waals surface area (Å²) >= 11 is 0. The Labute approximate surface area is 189 Å². The molecule has 0 amide bonds. The Kier molecular flexibility index (Phi) is 6.63. The third-order valence-electron chi connectivity index (χ3n) is 5.25. The molecule has 32 heavy (non-hydrogen) atoms. The Morgan fingerprint density at radius 3 is 2.19 bits per heavy atom. The molecule has 4 aromatic rings. The molecular formula is C26H28FN3OSi. The Morgan fingerprint density at radius 2 is 1.59 bits per heavy atom. The van der Waals surface area contributed by atoms with Gasteiger partial charge in [0.25, 0.3) is 0 Å². The number of aliphatic imine (C=N–C) groups is 1. The van der Waals surface area contributed by atoms with Crippen molar-refractivity contribution in [1.82, 2.24) is 9.78 Å². The van der Waals surface area contributed by atoms with Gasteiger partial charge in [-0.3, -0.25) is 0 Å². The summed E-state index contributed by atoms with van der Waals surface area (Å²) in [6.07, 6.45) is 1.67. The number of nitrogens with zero attached hydrogens (tertiary/aromatic N) is 3. The maximum absolute atomic E-state index is 15.0. The predicted octanol–water partition coefficient (Wildman–Crippen LogP) is 6.66. The van der Waals surface area contributed by atoms with Crippen LogP contribution < -0.4 is 0 Å². The van der Waals surface area contributed by atoms with Crippen molar-refractivity contribution in [1.29, 1.82) is 0 Å². The van der Waals surface area contributed by atoms with Crippen molar-refractivity contribution in [3.8, 4) is 0 Å². The molecule has 0 spiro atoms. The van der Waals surface area contributed by atoms with Gasteiger partial charge < -0.3 is 4.74 Å². The number of hydrogen-bond donors (Lipinski definition) is 0. The van der Waals surface area contributed by atoms with Gasteiger partial charge >= 0.3 is 0 Å². The summed E-state index contributed by atoms with van der Waals surface area (Å²) in [7, 11) is -1.15. The highest BCUT2D eigenvalue weighted by Gasteiger charge is 2.14. The lowest BCUT2D eigenvalue weighted by molar-refractivity contribution is 0.0817. The van der Waals surface area contributed by atoms with Gasteiger partial charge in [-0.25, -0.2) is 14.1 Å². The molecule has 0 fully saturated rings. The van der Waals surface area contributed by atoms with Crippen LogP contribution in [0.25, 0.3) is 10.9 Å². The molecule has 0 saturated carbocycles. The molecule has 0 aliphatic rings. The van der Waals surface area contributed by atoms with E-state index in [1.165, 1.54) is 6.07 Å². The number of aromatic nitrogens is 2. The quantitative estimate of drug-likeness (QED) is 0.173. The van der Waals surface area contributed by atoms with Crippen LogP contribution in [-0.4, -0.2) is 30.2 Å². The Balaban J connectivity index is 1.69. The minimum absolute atomic E-state index is 0.282. The van der Waals surface area contributed by atoms with Crippen molar-refractivity contribution in [3.05, 3.63) is 95.9 Å². The van der Waals surface area contributed by atoms with E-state index in [1.807, 2.05) is 60.7 Å². The van der Waals surface area contributed by atoms with Crippen molar-refractivity contribution < 1.29 is 9.13 Å². The minimum atomic E-state index is -1.15. The van der Waals surface area contributed by atoms with Gasteiger partial charge in [-0.15, -0.1) is 0 Å². The second-order valence-electron chi connectivity index (χ2n) is 9.05. The van der Waals surface area contributed by atoms with Gasteiger partial charge in [0.1, 0.15) is 18.2 Å². The van der Waals surface area contributed by atoms with Gasteiger partial charge in [-0.2, -0.15) is 5.10 Å². The number of ether oxygens (including phenoxy) is 1. The van der Waals surface area contributed by atoms with E-state index >= 15 is 0 Å². The predicted molar refractivity (Wildman–Crippen MR) is 132 cm³/mol. The second kappa shape index (κ2) is 9.59. The SMILES string of the molecule is C[Si](C)(C)CCOCn1ncc2cc(F)c(N=C(c3ccccc3)c3ccccc3)cc21.